The molecule has 5 nitrogen and oxygen atoms in total. The second-order valence-corrected chi connectivity index (χ2v) is 6.32. The van der Waals surface area contributed by atoms with Crippen molar-refractivity contribution in [2.24, 2.45) is 29.5 Å². The fourth-order valence-electron chi connectivity index (χ4n) is 4.60. The van der Waals surface area contributed by atoms with Crippen molar-refractivity contribution in [1.29, 1.82) is 0 Å². The van der Waals surface area contributed by atoms with Crippen LogP contribution in [0.5, 0.6) is 0 Å². The first-order valence-electron chi connectivity index (χ1n) is 7.11. The Kier molecular flexibility index (Phi) is 3.20. The number of nitrogens with two attached hydrogens (primary N) is 1. The summed E-state index contributed by atoms with van der Waals surface area (Å²) in [6, 6.07) is 0.0802. The number of hydrogen-bond acceptors (Lipinski definition) is 3. The summed E-state index contributed by atoms with van der Waals surface area (Å²) in [4.78, 5) is 11.9. The minimum absolute atomic E-state index is 0.0917. The normalized spacial score (nSPS) is 40.9. The average Bonchev–Trinajstić information content (AvgIpc) is 2.33. The third kappa shape index (κ3) is 2.10. The van der Waals surface area contributed by atoms with Crippen LogP contribution in [-0.2, 0) is 0 Å². The largest absolute Gasteiger partial charge is 0.394 e. The van der Waals surface area contributed by atoms with Crippen molar-refractivity contribution in [2.45, 2.75) is 38.1 Å². The summed E-state index contributed by atoms with van der Waals surface area (Å²) in [7, 11) is 0. The van der Waals surface area contributed by atoms with E-state index >= 15 is 0 Å². The maximum absolute atomic E-state index is 11.9. The van der Waals surface area contributed by atoms with E-state index in [1.807, 2.05) is 0 Å². The van der Waals surface area contributed by atoms with Crippen molar-refractivity contribution in [3.8, 4) is 0 Å². The highest BCUT2D eigenvalue weighted by molar-refractivity contribution is 5.74. The van der Waals surface area contributed by atoms with Crippen LogP contribution in [0, 0.1) is 23.7 Å². The molecule has 0 aromatic rings. The molecule has 0 heterocycles. The molecule has 4 saturated carbocycles. The van der Waals surface area contributed by atoms with Gasteiger partial charge in [-0.25, -0.2) is 10.6 Å². The molecule has 0 unspecified atom stereocenters. The number of hydrazine groups is 1. The van der Waals surface area contributed by atoms with Crippen LogP contribution in [-0.4, -0.2) is 35.3 Å². The molecule has 4 fully saturated rings. The van der Waals surface area contributed by atoms with E-state index < -0.39 is 0 Å². The lowest BCUT2D eigenvalue weighted by Gasteiger charge is -2.54. The Bertz CT molecular complexity index is 306. The van der Waals surface area contributed by atoms with Crippen molar-refractivity contribution >= 4 is 6.03 Å². The lowest BCUT2D eigenvalue weighted by Crippen LogP contribution is -2.59. The van der Waals surface area contributed by atoms with Crippen molar-refractivity contribution in [3.63, 3.8) is 0 Å². The zero-order valence-electron chi connectivity index (χ0n) is 10.7. The van der Waals surface area contributed by atoms with Crippen LogP contribution in [0.4, 0.5) is 4.79 Å². The number of rotatable bonds is 3. The van der Waals surface area contributed by atoms with Crippen LogP contribution in [0.1, 0.15) is 32.1 Å². The summed E-state index contributed by atoms with van der Waals surface area (Å²) in [5, 5.41) is 13.0. The number of hydrogen-bond donors (Lipinski definition) is 3. The number of nitrogens with one attached hydrogen (secondary N) is 1. The Morgan fingerprint density at radius 1 is 1.17 bits per heavy atom. The molecule has 4 bridgehead atoms. The molecule has 0 aromatic carbocycles. The number of aliphatic hydroxyl groups is 1. The fraction of sp³-hybridized carbons (Fsp3) is 0.923. The second-order valence-electron chi connectivity index (χ2n) is 6.32. The third-order valence-corrected chi connectivity index (χ3v) is 5.12. The summed E-state index contributed by atoms with van der Waals surface area (Å²) in [5.74, 6) is 8.73. The molecule has 4 aliphatic rings. The summed E-state index contributed by atoms with van der Waals surface area (Å²) < 4.78 is 0. The Hall–Kier alpha value is -0.810. The van der Waals surface area contributed by atoms with Crippen LogP contribution < -0.4 is 11.2 Å². The van der Waals surface area contributed by atoms with Crippen LogP contribution >= 0.6 is 0 Å². The molecule has 4 N–H and O–H groups in total. The van der Waals surface area contributed by atoms with Crippen molar-refractivity contribution in [1.82, 2.24) is 10.3 Å². The first-order valence-corrected chi connectivity index (χ1v) is 7.11. The molecule has 4 aliphatic carbocycles. The van der Waals surface area contributed by atoms with E-state index in [0.717, 1.165) is 16.8 Å². The van der Waals surface area contributed by atoms with Crippen LogP contribution in [0.3, 0.4) is 0 Å². The second kappa shape index (κ2) is 4.70. The van der Waals surface area contributed by atoms with Gasteiger partial charge in [0, 0.05) is 6.04 Å². The van der Waals surface area contributed by atoms with E-state index in [-0.39, 0.29) is 19.2 Å². The summed E-state index contributed by atoms with van der Waals surface area (Å²) in [6.45, 7) is 0.102. The van der Waals surface area contributed by atoms with Crippen molar-refractivity contribution in [3.05, 3.63) is 0 Å². The average molecular weight is 253 g/mol. The Labute approximate surface area is 108 Å². The van der Waals surface area contributed by atoms with E-state index in [2.05, 4.69) is 5.32 Å². The molecule has 5 heteroatoms. The zero-order valence-corrected chi connectivity index (χ0v) is 10.7. The number of carbonyl (C=O) groups excluding carboxylic acids is 1. The minimum atomic E-state index is -0.235. The van der Waals surface area contributed by atoms with Gasteiger partial charge in [0.15, 0.2) is 0 Å². The molecule has 4 rings (SSSR count). The molecule has 102 valence electrons. The van der Waals surface area contributed by atoms with Gasteiger partial charge in [-0.2, -0.15) is 0 Å². The van der Waals surface area contributed by atoms with Gasteiger partial charge in [0.1, 0.15) is 0 Å². The highest BCUT2D eigenvalue weighted by atomic mass is 16.3. The Balaban J connectivity index is 1.61. The van der Waals surface area contributed by atoms with E-state index in [0.29, 0.717) is 17.9 Å². The van der Waals surface area contributed by atoms with Gasteiger partial charge in [-0.05, 0) is 55.8 Å². The van der Waals surface area contributed by atoms with Gasteiger partial charge < -0.3 is 10.4 Å². The Morgan fingerprint density at radius 3 is 2.22 bits per heavy atom. The molecular weight excluding hydrogens is 230 g/mol. The van der Waals surface area contributed by atoms with Gasteiger partial charge in [-0.15, -0.1) is 0 Å². The zero-order chi connectivity index (χ0) is 12.7. The molecule has 18 heavy (non-hydrogen) atoms. The molecule has 0 saturated heterocycles. The molecule has 0 spiro atoms. The predicted molar refractivity (Wildman–Crippen MR) is 67.3 cm³/mol. The molecule has 0 radical (unpaired) electrons. The lowest BCUT2D eigenvalue weighted by molar-refractivity contribution is -0.0112. The maximum Gasteiger partial charge on any atom is 0.331 e. The molecule has 2 amide bonds. The molecule has 0 aromatic heterocycles. The van der Waals surface area contributed by atoms with Gasteiger partial charge in [0.05, 0.1) is 13.2 Å². The van der Waals surface area contributed by atoms with E-state index in [1.165, 1.54) is 32.1 Å². The first-order chi connectivity index (χ1) is 8.67. The molecule has 0 aliphatic heterocycles. The van der Waals surface area contributed by atoms with Gasteiger partial charge in [-0.1, -0.05) is 0 Å². The fourth-order valence-corrected chi connectivity index (χ4v) is 4.60. The van der Waals surface area contributed by atoms with Gasteiger partial charge >= 0.3 is 6.03 Å². The number of aliphatic hydroxyl groups excluding tert-OH is 1. The summed E-state index contributed by atoms with van der Waals surface area (Å²) in [6.07, 6.45) is 6.54. The topological polar surface area (TPSA) is 78.6 Å². The first kappa shape index (κ1) is 12.2. The standard InChI is InChI=1S/C13H23N3O2/c14-16(1-2-17)13(18)15-12-10-4-8-3-9(6-10)7-11(12)5-8/h8-12,17H,1-7,14H2,(H,15,18). The van der Waals surface area contributed by atoms with Gasteiger partial charge in [-0.3, -0.25) is 5.01 Å². The SMILES string of the molecule is NN(CCO)C(=O)NC1C2CC3CC(C2)CC1C3. The number of nitrogens with zero attached hydrogens (tertiary/aromatic N) is 1. The van der Waals surface area contributed by atoms with Crippen molar-refractivity contribution in [2.75, 3.05) is 13.2 Å². The molecule has 0 atom stereocenters. The summed E-state index contributed by atoms with van der Waals surface area (Å²) >= 11 is 0. The highest BCUT2D eigenvalue weighted by Crippen LogP contribution is 2.53. The van der Waals surface area contributed by atoms with Crippen LogP contribution in [0.15, 0.2) is 0 Å². The monoisotopic (exact) mass is 253 g/mol. The highest BCUT2D eigenvalue weighted by Gasteiger charge is 2.48. The molecular formula is C13H23N3O2. The van der Waals surface area contributed by atoms with Crippen molar-refractivity contribution < 1.29 is 9.90 Å². The lowest BCUT2D eigenvalue weighted by atomic mass is 9.54. The number of carbonyl (C=O) groups is 1. The minimum Gasteiger partial charge on any atom is -0.394 e. The summed E-state index contributed by atoms with van der Waals surface area (Å²) in [5.41, 5.74) is 0. The maximum atomic E-state index is 11.9. The number of amides is 2. The van der Waals surface area contributed by atoms with Gasteiger partial charge in [0.2, 0.25) is 0 Å². The van der Waals surface area contributed by atoms with Gasteiger partial charge in [0.25, 0.3) is 0 Å². The predicted octanol–water partition coefficient (Wildman–Crippen LogP) is 0.689. The van der Waals surface area contributed by atoms with E-state index in [4.69, 9.17) is 10.9 Å². The van der Waals surface area contributed by atoms with Crippen LogP contribution in [0.25, 0.3) is 0 Å². The quantitative estimate of drug-likeness (QED) is 0.393. The van der Waals surface area contributed by atoms with E-state index in [9.17, 15) is 4.79 Å². The third-order valence-electron chi connectivity index (χ3n) is 5.12. The number of urea groups is 1. The van der Waals surface area contributed by atoms with Crippen LogP contribution in [0.2, 0.25) is 0 Å². The van der Waals surface area contributed by atoms with E-state index in [1.54, 1.807) is 0 Å². The Morgan fingerprint density at radius 2 is 1.72 bits per heavy atom. The smallest absolute Gasteiger partial charge is 0.331 e.